The van der Waals surface area contributed by atoms with Crippen molar-refractivity contribution in [2.24, 2.45) is 5.10 Å². The third-order valence-corrected chi connectivity index (χ3v) is 6.74. The molecule has 0 saturated carbocycles. The van der Waals surface area contributed by atoms with E-state index in [1.807, 2.05) is 24.3 Å². The standard InChI is InChI=1S/C17H14ClN5OS3/c18-14-4-2-1-3-13(14)10-25-16-22-23-17(27-16)26-11-15(24)21-20-9-12-5-7-19-8-6-12/h1-9H,10-11H2,(H,21,24)/b20-9-. The van der Waals surface area contributed by atoms with E-state index in [-0.39, 0.29) is 11.7 Å². The van der Waals surface area contributed by atoms with Crippen molar-refractivity contribution in [3.63, 3.8) is 0 Å². The molecule has 3 rings (SSSR count). The molecule has 0 saturated heterocycles. The summed E-state index contributed by atoms with van der Waals surface area (Å²) in [6.07, 6.45) is 4.89. The first-order valence-electron chi connectivity index (χ1n) is 7.75. The number of aromatic nitrogens is 3. The maximum atomic E-state index is 11.8. The van der Waals surface area contributed by atoms with E-state index in [1.54, 1.807) is 42.5 Å². The van der Waals surface area contributed by atoms with Crippen LogP contribution in [-0.4, -0.2) is 33.1 Å². The number of thioether (sulfide) groups is 2. The maximum Gasteiger partial charge on any atom is 0.250 e. The van der Waals surface area contributed by atoms with Gasteiger partial charge < -0.3 is 0 Å². The van der Waals surface area contributed by atoms with Crippen LogP contribution in [0.15, 0.2) is 62.6 Å². The Bertz CT molecular complexity index is 920. The molecule has 10 heteroatoms. The molecule has 0 atom stereocenters. The lowest BCUT2D eigenvalue weighted by molar-refractivity contribution is -0.118. The molecular formula is C17H14ClN5OS3. The van der Waals surface area contributed by atoms with E-state index in [9.17, 15) is 4.79 Å². The Kier molecular flexibility index (Phi) is 7.64. The number of pyridine rings is 1. The summed E-state index contributed by atoms with van der Waals surface area (Å²) in [7, 11) is 0. The minimum Gasteiger partial charge on any atom is -0.272 e. The Labute approximate surface area is 173 Å². The van der Waals surface area contributed by atoms with Crippen LogP contribution in [0.4, 0.5) is 0 Å². The Morgan fingerprint density at radius 3 is 2.67 bits per heavy atom. The van der Waals surface area contributed by atoms with Crippen molar-refractivity contribution >= 4 is 58.6 Å². The van der Waals surface area contributed by atoms with Crippen LogP contribution in [0, 0.1) is 0 Å². The smallest absolute Gasteiger partial charge is 0.250 e. The summed E-state index contributed by atoms with van der Waals surface area (Å²) < 4.78 is 1.58. The second-order valence-electron chi connectivity index (χ2n) is 5.08. The second kappa shape index (κ2) is 10.4. The van der Waals surface area contributed by atoms with Crippen molar-refractivity contribution in [2.45, 2.75) is 14.4 Å². The average molecular weight is 436 g/mol. The molecule has 0 aliphatic carbocycles. The number of rotatable bonds is 8. The molecule has 1 aromatic carbocycles. The van der Waals surface area contributed by atoms with Gasteiger partial charge in [-0.3, -0.25) is 9.78 Å². The number of hydrazone groups is 1. The third-order valence-electron chi connectivity index (χ3n) is 3.13. The maximum absolute atomic E-state index is 11.8. The molecule has 2 aromatic heterocycles. The van der Waals surface area contributed by atoms with Crippen molar-refractivity contribution in [3.8, 4) is 0 Å². The monoisotopic (exact) mass is 435 g/mol. The number of benzene rings is 1. The molecule has 6 nitrogen and oxygen atoms in total. The lowest BCUT2D eigenvalue weighted by Gasteiger charge is -2.00. The summed E-state index contributed by atoms with van der Waals surface area (Å²) in [5.41, 5.74) is 4.41. The fourth-order valence-electron chi connectivity index (χ4n) is 1.86. The largest absolute Gasteiger partial charge is 0.272 e. The van der Waals surface area contributed by atoms with Gasteiger partial charge in [-0.25, -0.2) is 5.43 Å². The van der Waals surface area contributed by atoms with E-state index in [4.69, 9.17) is 11.6 Å². The zero-order chi connectivity index (χ0) is 18.9. The van der Waals surface area contributed by atoms with Gasteiger partial charge in [0.1, 0.15) is 0 Å². The molecule has 0 spiro atoms. The first-order chi connectivity index (χ1) is 13.2. The van der Waals surface area contributed by atoms with Crippen LogP contribution in [0.2, 0.25) is 5.02 Å². The van der Waals surface area contributed by atoms with Gasteiger partial charge in [-0.1, -0.05) is 64.7 Å². The van der Waals surface area contributed by atoms with Gasteiger partial charge >= 0.3 is 0 Å². The molecule has 0 aliphatic heterocycles. The van der Waals surface area contributed by atoms with Crippen LogP contribution < -0.4 is 5.43 Å². The number of amides is 1. The van der Waals surface area contributed by atoms with Crippen molar-refractivity contribution in [1.82, 2.24) is 20.6 Å². The molecule has 2 heterocycles. The molecule has 0 fully saturated rings. The SMILES string of the molecule is O=C(CSc1nnc(SCc2ccccc2Cl)s1)N/N=C\c1ccncc1. The molecular weight excluding hydrogens is 422 g/mol. The molecule has 3 aromatic rings. The molecule has 0 aliphatic rings. The van der Waals surface area contributed by atoms with Gasteiger partial charge in [-0.15, -0.1) is 10.2 Å². The number of hydrogen-bond donors (Lipinski definition) is 1. The van der Waals surface area contributed by atoms with E-state index in [1.165, 1.54) is 23.1 Å². The fourth-order valence-corrected chi connectivity index (χ4v) is 4.95. The number of carbonyl (C=O) groups is 1. The van der Waals surface area contributed by atoms with Gasteiger partial charge in [0.2, 0.25) is 0 Å². The van der Waals surface area contributed by atoms with E-state index in [0.29, 0.717) is 0 Å². The van der Waals surface area contributed by atoms with Crippen LogP contribution in [0.3, 0.4) is 0 Å². The number of nitrogens with zero attached hydrogens (tertiary/aromatic N) is 4. The summed E-state index contributed by atoms with van der Waals surface area (Å²) >= 11 is 10.5. The zero-order valence-corrected chi connectivity index (χ0v) is 17.1. The normalized spacial score (nSPS) is 11.0. The molecule has 27 heavy (non-hydrogen) atoms. The lowest BCUT2D eigenvalue weighted by Crippen LogP contribution is -2.19. The fraction of sp³-hybridized carbons (Fsp3) is 0.118. The Balaban J connectivity index is 1.42. The van der Waals surface area contributed by atoms with Crippen molar-refractivity contribution in [3.05, 3.63) is 64.9 Å². The number of halogens is 1. The molecule has 1 N–H and O–H groups in total. The first kappa shape index (κ1) is 19.8. The predicted molar refractivity (Wildman–Crippen MR) is 112 cm³/mol. The van der Waals surface area contributed by atoms with E-state index in [0.717, 1.165) is 30.6 Å². The molecule has 1 amide bonds. The van der Waals surface area contributed by atoms with Gasteiger partial charge in [0.15, 0.2) is 8.68 Å². The minimum atomic E-state index is -0.203. The lowest BCUT2D eigenvalue weighted by atomic mass is 10.2. The van der Waals surface area contributed by atoms with Crippen molar-refractivity contribution in [2.75, 3.05) is 5.75 Å². The summed E-state index contributed by atoms with van der Waals surface area (Å²) in [6, 6.07) is 11.3. The first-order valence-corrected chi connectivity index (χ1v) is 10.9. The summed E-state index contributed by atoms with van der Waals surface area (Å²) in [5, 5.41) is 12.9. The van der Waals surface area contributed by atoms with Crippen LogP contribution in [0.5, 0.6) is 0 Å². The molecule has 138 valence electrons. The Morgan fingerprint density at radius 2 is 1.89 bits per heavy atom. The van der Waals surface area contributed by atoms with Gasteiger partial charge in [-0.2, -0.15) is 5.10 Å². The number of nitrogens with one attached hydrogen (secondary N) is 1. The van der Waals surface area contributed by atoms with Crippen LogP contribution >= 0.6 is 46.5 Å². The highest BCUT2D eigenvalue weighted by Crippen LogP contribution is 2.32. The number of carbonyl (C=O) groups excluding carboxylic acids is 1. The molecule has 0 unspecified atom stereocenters. The van der Waals surface area contributed by atoms with E-state index < -0.39 is 0 Å². The van der Waals surface area contributed by atoms with E-state index in [2.05, 4.69) is 25.7 Å². The summed E-state index contributed by atoms with van der Waals surface area (Å²) in [4.78, 5) is 15.8. The molecule has 0 bridgehead atoms. The number of hydrogen-bond acceptors (Lipinski definition) is 8. The zero-order valence-electron chi connectivity index (χ0n) is 13.9. The minimum absolute atomic E-state index is 0.203. The Morgan fingerprint density at radius 1 is 1.15 bits per heavy atom. The van der Waals surface area contributed by atoms with E-state index >= 15 is 0 Å². The quantitative estimate of drug-likeness (QED) is 0.325. The second-order valence-corrected chi connectivity index (χ2v) is 8.91. The van der Waals surface area contributed by atoms with Crippen molar-refractivity contribution < 1.29 is 4.79 Å². The van der Waals surface area contributed by atoms with Crippen LogP contribution in [0.25, 0.3) is 0 Å². The van der Waals surface area contributed by atoms with Gasteiger partial charge in [-0.05, 0) is 29.3 Å². The van der Waals surface area contributed by atoms with Gasteiger partial charge in [0, 0.05) is 23.2 Å². The van der Waals surface area contributed by atoms with Crippen molar-refractivity contribution in [1.29, 1.82) is 0 Å². The highest BCUT2D eigenvalue weighted by molar-refractivity contribution is 8.03. The van der Waals surface area contributed by atoms with Gasteiger partial charge in [0.05, 0.1) is 12.0 Å². The van der Waals surface area contributed by atoms with Crippen LogP contribution in [-0.2, 0) is 10.5 Å². The third kappa shape index (κ3) is 6.62. The average Bonchev–Trinajstić information content (AvgIpc) is 3.14. The van der Waals surface area contributed by atoms with Gasteiger partial charge in [0.25, 0.3) is 5.91 Å². The highest BCUT2D eigenvalue weighted by atomic mass is 35.5. The Hall–Kier alpha value is -1.94. The van der Waals surface area contributed by atoms with Crippen LogP contribution in [0.1, 0.15) is 11.1 Å². The molecule has 0 radical (unpaired) electrons. The topological polar surface area (TPSA) is 80.1 Å². The highest BCUT2D eigenvalue weighted by Gasteiger charge is 2.09. The summed E-state index contributed by atoms with van der Waals surface area (Å²) in [6.45, 7) is 0. The predicted octanol–water partition coefficient (Wildman–Crippen LogP) is 4.12. The summed E-state index contributed by atoms with van der Waals surface area (Å²) in [5.74, 6) is 0.742.